The van der Waals surface area contributed by atoms with Gasteiger partial charge in [0.15, 0.2) is 0 Å². The Morgan fingerprint density at radius 1 is 1.10 bits per heavy atom. The maximum Gasteiger partial charge on any atom is 0.0444 e. The van der Waals surface area contributed by atoms with Crippen LogP contribution in [0.1, 0.15) is 89.3 Å². The Morgan fingerprint density at radius 3 is 2.65 bits per heavy atom. The lowest BCUT2D eigenvalue weighted by Crippen LogP contribution is -2.26. The molecule has 0 amide bonds. The minimum Gasteiger partial charge on any atom is -0.261 e. The van der Waals surface area contributed by atoms with Crippen LogP contribution in [0.5, 0.6) is 0 Å². The number of rotatable bonds is 8. The van der Waals surface area contributed by atoms with Gasteiger partial charge in [-0.05, 0) is 48.6 Å². The fourth-order valence-corrected chi connectivity index (χ4v) is 4.41. The molecule has 1 aliphatic carbocycles. The van der Waals surface area contributed by atoms with Gasteiger partial charge in [-0.3, -0.25) is 4.98 Å². The fourth-order valence-electron chi connectivity index (χ4n) is 4.41. The minimum absolute atomic E-state index is 0.508. The van der Waals surface area contributed by atoms with Gasteiger partial charge >= 0.3 is 0 Å². The van der Waals surface area contributed by atoms with E-state index in [9.17, 15) is 0 Å². The highest BCUT2D eigenvalue weighted by atomic mass is 14.7. The van der Waals surface area contributed by atoms with Crippen LogP contribution in [-0.2, 0) is 6.42 Å². The van der Waals surface area contributed by atoms with Crippen molar-refractivity contribution in [3.05, 3.63) is 29.6 Å². The molecule has 1 nitrogen and oxygen atoms in total. The summed E-state index contributed by atoms with van der Waals surface area (Å²) in [7, 11) is 0. The van der Waals surface area contributed by atoms with Gasteiger partial charge in [0, 0.05) is 11.9 Å². The number of fused-ring (bicyclic) bond motifs is 1. The number of hydrogen-bond donors (Lipinski definition) is 0. The van der Waals surface area contributed by atoms with Gasteiger partial charge in [0.1, 0.15) is 0 Å². The average molecular weight is 273 g/mol. The van der Waals surface area contributed by atoms with Gasteiger partial charge in [-0.25, -0.2) is 0 Å². The SMILES string of the molecule is CCCCCCC1(CCC)Cc2ncccc2[C@H]1CC. The molecule has 0 saturated carbocycles. The highest BCUT2D eigenvalue weighted by Crippen LogP contribution is 2.53. The van der Waals surface area contributed by atoms with Gasteiger partial charge in [-0.2, -0.15) is 0 Å². The van der Waals surface area contributed by atoms with E-state index in [1.165, 1.54) is 63.5 Å². The Labute approximate surface area is 125 Å². The Kier molecular flexibility index (Phi) is 5.63. The largest absolute Gasteiger partial charge is 0.261 e. The van der Waals surface area contributed by atoms with E-state index < -0.39 is 0 Å². The van der Waals surface area contributed by atoms with Crippen molar-refractivity contribution in [3.8, 4) is 0 Å². The van der Waals surface area contributed by atoms with Crippen molar-refractivity contribution in [2.75, 3.05) is 0 Å². The smallest absolute Gasteiger partial charge is 0.0444 e. The van der Waals surface area contributed by atoms with Crippen LogP contribution in [-0.4, -0.2) is 4.98 Å². The summed E-state index contributed by atoms with van der Waals surface area (Å²) in [5, 5.41) is 0. The third kappa shape index (κ3) is 3.07. The molecule has 0 bridgehead atoms. The van der Waals surface area contributed by atoms with Crippen LogP contribution in [0.15, 0.2) is 18.3 Å². The molecular weight excluding hydrogens is 242 g/mol. The molecule has 1 aliphatic rings. The van der Waals surface area contributed by atoms with Crippen molar-refractivity contribution in [2.45, 2.75) is 84.5 Å². The van der Waals surface area contributed by atoms with Crippen LogP contribution < -0.4 is 0 Å². The van der Waals surface area contributed by atoms with Crippen molar-refractivity contribution >= 4 is 0 Å². The van der Waals surface area contributed by atoms with E-state index in [0.717, 1.165) is 5.92 Å². The molecule has 1 heteroatoms. The maximum atomic E-state index is 4.68. The van der Waals surface area contributed by atoms with Crippen LogP contribution in [0.3, 0.4) is 0 Å². The molecule has 112 valence electrons. The van der Waals surface area contributed by atoms with E-state index in [1.54, 1.807) is 5.56 Å². The molecule has 0 fully saturated rings. The van der Waals surface area contributed by atoms with Crippen molar-refractivity contribution < 1.29 is 0 Å². The highest BCUT2D eigenvalue weighted by molar-refractivity contribution is 5.33. The van der Waals surface area contributed by atoms with Gasteiger partial charge in [0.25, 0.3) is 0 Å². The van der Waals surface area contributed by atoms with Crippen LogP contribution in [0.4, 0.5) is 0 Å². The quantitative estimate of drug-likeness (QED) is 0.538. The molecule has 1 aromatic rings. The molecule has 1 aromatic heterocycles. The van der Waals surface area contributed by atoms with Gasteiger partial charge in [0.05, 0.1) is 0 Å². The first-order valence-electron chi connectivity index (χ1n) is 8.71. The second-order valence-corrected chi connectivity index (χ2v) is 6.60. The lowest BCUT2D eigenvalue weighted by molar-refractivity contribution is 0.188. The summed E-state index contributed by atoms with van der Waals surface area (Å²) >= 11 is 0. The average Bonchev–Trinajstić information content (AvgIpc) is 2.77. The van der Waals surface area contributed by atoms with Gasteiger partial charge in [-0.15, -0.1) is 0 Å². The summed E-state index contributed by atoms with van der Waals surface area (Å²) in [4.78, 5) is 4.68. The zero-order valence-corrected chi connectivity index (χ0v) is 13.6. The van der Waals surface area contributed by atoms with Crippen molar-refractivity contribution in [3.63, 3.8) is 0 Å². The summed E-state index contributed by atoms with van der Waals surface area (Å²) in [5.74, 6) is 0.743. The van der Waals surface area contributed by atoms with Crippen LogP contribution >= 0.6 is 0 Å². The Balaban J connectivity index is 2.15. The monoisotopic (exact) mass is 273 g/mol. The fraction of sp³-hybridized carbons (Fsp3) is 0.737. The predicted octanol–water partition coefficient (Wildman–Crippen LogP) is 5.89. The molecule has 0 saturated heterocycles. The van der Waals surface area contributed by atoms with Gasteiger partial charge < -0.3 is 0 Å². The molecule has 0 radical (unpaired) electrons. The van der Waals surface area contributed by atoms with E-state index in [-0.39, 0.29) is 0 Å². The third-order valence-corrected chi connectivity index (χ3v) is 5.24. The molecule has 0 aliphatic heterocycles. The molecule has 0 N–H and O–H groups in total. The molecule has 0 aromatic carbocycles. The van der Waals surface area contributed by atoms with E-state index in [2.05, 4.69) is 37.9 Å². The second kappa shape index (κ2) is 7.24. The summed E-state index contributed by atoms with van der Waals surface area (Å²) in [6.07, 6.45) is 14.1. The Morgan fingerprint density at radius 2 is 1.95 bits per heavy atom. The van der Waals surface area contributed by atoms with Crippen molar-refractivity contribution in [1.29, 1.82) is 0 Å². The molecule has 1 unspecified atom stereocenters. The molecular formula is C19H31N. The maximum absolute atomic E-state index is 4.68. The first-order valence-corrected chi connectivity index (χ1v) is 8.71. The summed E-state index contributed by atoms with van der Waals surface area (Å²) < 4.78 is 0. The molecule has 0 spiro atoms. The zero-order valence-electron chi connectivity index (χ0n) is 13.6. The zero-order chi connectivity index (χ0) is 14.4. The molecule has 1 heterocycles. The minimum atomic E-state index is 0.508. The topological polar surface area (TPSA) is 12.9 Å². The third-order valence-electron chi connectivity index (χ3n) is 5.24. The highest BCUT2D eigenvalue weighted by Gasteiger charge is 2.44. The first kappa shape index (κ1) is 15.5. The number of nitrogens with zero attached hydrogens (tertiary/aromatic N) is 1. The molecule has 2 atom stereocenters. The van der Waals surface area contributed by atoms with Gasteiger partial charge in [0.2, 0.25) is 0 Å². The number of unbranched alkanes of at least 4 members (excludes halogenated alkanes) is 3. The van der Waals surface area contributed by atoms with Gasteiger partial charge in [-0.1, -0.05) is 58.9 Å². The van der Waals surface area contributed by atoms with Crippen molar-refractivity contribution in [2.24, 2.45) is 5.41 Å². The summed E-state index contributed by atoms with van der Waals surface area (Å²) in [6.45, 7) is 7.01. The van der Waals surface area contributed by atoms with Crippen LogP contribution in [0, 0.1) is 5.41 Å². The number of hydrogen-bond acceptors (Lipinski definition) is 1. The van der Waals surface area contributed by atoms with E-state index in [4.69, 9.17) is 0 Å². The number of aromatic nitrogens is 1. The Hall–Kier alpha value is -0.850. The predicted molar refractivity (Wildman–Crippen MR) is 87.1 cm³/mol. The number of pyridine rings is 1. The second-order valence-electron chi connectivity index (χ2n) is 6.60. The molecule has 2 rings (SSSR count). The van der Waals surface area contributed by atoms with Crippen LogP contribution in [0.25, 0.3) is 0 Å². The van der Waals surface area contributed by atoms with E-state index in [0.29, 0.717) is 5.41 Å². The standard InChI is InChI=1S/C19H31N/c1-4-7-8-9-13-19(12-5-2)15-18-16(17(19)6-3)11-10-14-20-18/h10-11,14,17H,4-9,12-13,15H2,1-3H3/t17-,19?/m1/s1. The van der Waals surface area contributed by atoms with E-state index in [1.807, 2.05) is 6.20 Å². The van der Waals surface area contributed by atoms with E-state index >= 15 is 0 Å². The Bertz CT molecular complexity index is 412. The first-order chi connectivity index (χ1) is 9.77. The molecule has 20 heavy (non-hydrogen) atoms. The lowest BCUT2D eigenvalue weighted by Gasteiger charge is -2.35. The van der Waals surface area contributed by atoms with Crippen molar-refractivity contribution in [1.82, 2.24) is 4.98 Å². The normalized spacial score (nSPS) is 24.9. The van der Waals surface area contributed by atoms with Crippen LogP contribution in [0.2, 0.25) is 0 Å². The lowest BCUT2D eigenvalue weighted by atomic mass is 9.68. The summed E-state index contributed by atoms with van der Waals surface area (Å²) in [6, 6.07) is 4.46. The summed E-state index contributed by atoms with van der Waals surface area (Å²) in [5.41, 5.74) is 3.45.